The van der Waals surface area contributed by atoms with Crippen LogP contribution in [-0.2, 0) is 36.5 Å². The Hall–Kier alpha value is 1.58. The predicted octanol–water partition coefficient (Wildman–Crippen LogP) is 18.8. The first kappa shape index (κ1) is 61.1. The third kappa shape index (κ3) is 11.4. The van der Waals surface area contributed by atoms with E-state index < -0.39 is 31.8 Å². The Morgan fingerprint density at radius 2 is 0.478 bits per heavy atom. The zero-order valence-electron chi connectivity index (χ0n) is 49.4. The van der Waals surface area contributed by atoms with E-state index in [1.807, 2.05) is 0 Å². The zero-order valence-corrected chi connectivity index (χ0v) is 60.9. The van der Waals surface area contributed by atoms with Crippen molar-refractivity contribution in [1.29, 1.82) is 0 Å². The molecule has 0 N–H and O–H groups in total. The molecule has 0 aromatic carbocycles. The second-order valence-corrected chi connectivity index (χ2v) is 58.5. The van der Waals surface area contributed by atoms with Crippen LogP contribution in [-0.4, -0.2) is 59.8 Å². The average Bonchev–Trinajstić information content (AvgIpc) is 3.15. The number of hydrogen-bond donors (Lipinski definition) is 0. The van der Waals surface area contributed by atoms with Crippen LogP contribution in [0.15, 0.2) is 0 Å². The van der Waals surface area contributed by atoms with Crippen LogP contribution in [0.5, 0.6) is 0 Å². The summed E-state index contributed by atoms with van der Waals surface area (Å²) in [5.41, 5.74) is 9.73. The van der Waals surface area contributed by atoms with Crippen LogP contribution in [0.25, 0.3) is 0 Å². The van der Waals surface area contributed by atoms with Crippen molar-refractivity contribution in [1.82, 2.24) is 0 Å². The third-order valence-corrected chi connectivity index (χ3v) is 62.2. The molecule has 0 aromatic heterocycles. The molecule has 8 fully saturated rings. The SMILES string of the molecule is CC(C)[Si](O/C(=[Si]\[Si](C(C)C)(C(C)C)C(C)C)C12CC3CC(CC(C3)C1)C2)(C(C)C)C(C)C.CC(C)[Si](O/C(=[Si]\[Si](C(C)C)(C(C)C)C(C)C)C12CC3CC(CC(C3)C1)C2)(C(C)C)C(C)C.[Hg]. The molecule has 2 radical (unpaired) electrons. The van der Waals surface area contributed by atoms with Crippen molar-refractivity contribution >= 4 is 59.8 Å². The summed E-state index contributed by atoms with van der Waals surface area (Å²) in [6.45, 7) is 60.7. The Balaban J connectivity index is 0.000000288. The molecule has 0 saturated heterocycles. The number of rotatable bonds is 20. The fraction of sp³-hybridized carbons (Fsp3) is 0.966. The first-order chi connectivity index (χ1) is 30.4. The van der Waals surface area contributed by atoms with Gasteiger partial charge in [0, 0.05) is 38.5 Å². The minimum atomic E-state index is -1.95. The maximum atomic E-state index is 7.92. The molecule has 0 atom stereocenters. The van der Waals surface area contributed by atoms with Crippen LogP contribution in [0, 0.1) is 46.3 Å². The molecule has 0 amide bonds. The molecular weight excluding hydrogens is 1100 g/mol. The van der Waals surface area contributed by atoms with Crippen molar-refractivity contribution < 1.29 is 36.5 Å². The minimum absolute atomic E-state index is 0. The number of hydrogen-bond acceptors (Lipinski definition) is 2. The molecule has 8 saturated carbocycles. The maximum Gasteiger partial charge on any atom is 0.257 e. The van der Waals surface area contributed by atoms with E-state index in [4.69, 9.17) is 8.85 Å². The Labute approximate surface area is 448 Å². The van der Waals surface area contributed by atoms with E-state index in [1.165, 1.54) is 77.0 Å². The van der Waals surface area contributed by atoms with E-state index in [9.17, 15) is 0 Å². The Bertz CT molecular complexity index is 1380. The van der Waals surface area contributed by atoms with Crippen molar-refractivity contribution in [2.75, 3.05) is 0 Å². The molecule has 8 bridgehead atoms. The van der Waals surface area contributed by atoms with E-state index in [0.717, 1.165) is 86.1 Å². The fourth-order valence-electron chi connectivity index (χ4n) is 19.6. The molecule has 0 aromatic rings. The molecule has 0 unspecified atom stereocenters. The van der Waals surface area contributed by atoms with Crippen LogP contribution in [0.3, 0.4) is 0 Å². The van der Waals surface area contributed by atoms with Gasteiger partial charge in [-0.3, -0.25) is 0 Å². The summed E-state index contributed by atoms with van der Waals surface area (Å²) >= 11 is 0. The van der Waals surface area contributed by atoms with E-state index in [0.29, 0.717) is 44.1 Å². The van der Waals surface area contributed by atoms with Crippen LogP contribution in [0.2, 0.25) is 66.5 Å². The first-order valence-electron chi connectivity index (χ1n) is 29.1. The van der Waals surface area contributed by atoms with E-state index in [-0.39, 0.29) is 27.7 Å². The van der Waals surface area contributed by atoms with Crippen molar-refractivity contribution in [2.24, 2.45) is 46.3 Å². The van der Waals surface area contributed by atoms with Crippen molar-refractivity contribution in [3.8, 4) is 0 Å². The van der Waals surface area contributed by atoms with Crippen LogP contribution < -0.4 is 0 Å². The van der Waals surface area contributed by atoms with Crippen molar-refractivity contribution in [3.05, 3.63) is 0 Å². The topological polar surface area (TPSA) is 18.5 Å². The summed E-state index contributed by atoms with van der Waals surface area (Å²) in [5.74, 6) is 5.92. The molecule has 0 aliphatic heterocycles. The first-order valence-corrected chi connectivity index (χ1v) is 41.9. The summed E-state index contributed by atoms with van der Waals surface area (Å²) in [4.78, 5) is 0. The molecule has 8 aliphatic rings. The van der Waals surface area contributed by atoms with E-state index >= 15 is 0 Å². The molecule has 0 heterocycles. The van der Waals surface area contributed by atoms with Crippen molar-refractivity contribution in [2.45, 2.75) is 310 Å². The van der Waals surface area contributed by atoms with E-state index in [1.54, 1.807) is 10.7 Å². The molecule has 8 rings (SSSR count). The Kier molecular flexibility index (Phi) is 21.2. The summed E-state index contributed by atoms with van der Waals surface area (Å²) in [6.07, 6.45) is 17.9. The normalized spacial score (nSPS) is 30.3. The summed E-state index contributed by atoms with van der Waals surface area (Å²) in [6, 6.07) is 0. The van der Waals surface area contributed by atoms with Gasteiger partial charge in [0.1, 0.15) is 0 Å². The van der Waals surface area contributed by atoms with Crippen LogP contribution in [0.4, 0.5) is 0 Å². The summed E-state index contributed by atoms with van der Waals surface area (Å²) < 4.78 is 15.8. The van der Waals surface area contributed by atoms with Gasteiger partial charge in [0.25, 0.3) is 16.6 Å². The Morgan fingerprint density at radius 3 is 0.612 bits per heavy atom. The molecule has 0 spiro atoms. The summed E-state index contributed by atoms with van der Waals surface area (Å²) in [7, 11) is -5.05. The van der Waals surface area contributed by atoms with Gasteiger partial charge < -0.3 is 8.85 Å². The fourth-order valence-corrected chi connectivity index (χ4v) is 53.4. The molecule has 2 nitrogen and oxygen atoms in total. The minimum Gasteiger partial charge on any atom is -0.550 e. The van der Waals surface area contributed by atoms with Gasteiger partial charge in [0.05, 0.1) is 43.2 Å². The smallest absolute Gasteiger partial charge is 0.257 e. The summed E-state index contributed by atoms with van der Waals surface area (Å²) in [5, 5.41) is 3.40. The predicted molar refractivity (Wildman–Crippen MR) is 309 cm³/mol. The van der Waals surface area contributed by atoms with Gasteiger partial charge in [-0.25, -0.2) is 0 Å². The second kappa shape index (κ2) is 23.2. The van der Waals surface area contributed by atoms with Gasteiger partial charge in [-0.05, 0) is 179 Å². The largest absolute Gasteiger partial charge is 0.550 e. The third-order valence-electron chi connectivity index (χ3n) is 21.4. The Morgan fingerprint density at radius 1 is 0.313 bits per heavy atom. The van der Waals surface area contributed by atoms with Crippen LogP contribution in [0.1, 0.15) is 243 Å². The average molecular weight is 1210 g/mol. The van der Waals surface area contributed by atoms with Crippen molar-refractivity contribution in [3.63, 3.8) is 0 Å². The second-order valence-electron chi connectivity index (χ2n) is 28.9. The molecular formula is C58H114HgO2Si6. The molecule has 67 heavy (non-hydrogen) atoms. The molecule has 9 heteroatoms. The van der Waals surface area contributed by atoms with Gasteiger partial charge >= 0.3 is 0 Å². The maximum absolute atomic E-state index is 7.92. The van der Waals surface area contributed by atoms with Gasteiger partial charge in [-0.15, -0.1) is 0 Å². The van der Waals surface area contributed by atoms with Gasteiger partial charge in [0.15, 0.2) is 0 Å². The molecule has 8 aliphatic carbocycles. The molecule has 384 valence electrons. The van der Waals surface area contributed by atoms with Gasteiger partial charge in [-0.2, -0.15) is 0 Å². The zero-order chi connectivity index (χ0) is 49.9. The standard InChI is InChI=1S/2C29H57OSi3.Hg/c2*1-19(2)32(20(3)4,21(5)6)30-28(31-33(22(7)8,23(9)10)24(11)12)29-16-25-13-26(17-29)15-27(14-25)18-29;/h2*19-27H,13-18H2,1-12H3;. The van der Waals surface area contributed by atoms with E-state index in [2.05, 4.69) is 166 Å². The van der Waals surface area contributed by atoms with Crippen LogP contribution >= 0.6 is 0 Å². The van der Waals surface area contributed by atoms with Gasteiger partial charge in [0.2, 0.25) is 0 Å². The van der Waals surface area contributed by atoms with Gasteiger partial charge in [-0.1, -0.05) is 166 Å². The monoisotopic (exact) mass is 1210 g/mol. The quantitative estimate of drug-likeness (QED) is 0.113.